The van der Waals surface area contributed by atoms with Crippen molar-refractivity contribution in [2.45, 2.75) is 6.54 Å². The molecule has 0 aliphatic rings. The number of nitriles is 1. The normalized spacial score (nSPS) is 9.64. The van der Waals surface area contributed by atoms with Crippen molar-refractivity contribution < 1.29 is 4.42 Å². The lowest BCUT2D eigenvalue weighted by Crippen LogP contribution is -1.96. The molecule has 0 saturated carbocycles. The number of thiazole rings is 1. The molecular formula is C9H7N3OS. The smallest absolute Gasteiger partial charge is 0.203 e. The lowest BCUT2D eigenvalue weighted by molar-refractivity contribution is 0.506. The Balaban J connectivity index is 1.96. The van der Waals surface area contributed by atoms with Gasteiger partial charge in [-0.25, -0.2) is 4.98 Å². The Morgan fingerprint density at radius 1 is 1.57 bits per heavy atom. The highest BCUT2D eigenvalue weighted by molar-refractivity contribution is 7.13. The summed E-state index contributed by atoms with van der Waals surface area (Å²) >= 11 is 1.53. The van der Waals surface area contributed by atoms with E-state index >= 15 is 0 Å². The van der Waals surface area contributed by atoms with Crippen LogP contribution in [0.1, 0.15) is 11.5 Å². The lowest BCUT2D eigenvalue weighted by Gasteiger charge is -1.97. The van der Waals surface area contributed by atoms with E-state index in [0.717, 1.165) is 10.9 Å². The van der Waals surface area contributed by atoms with Crippen LogP contribution in [-0.2, 0) is 6.54 Å². The topological polar surface area (TPSA) is 61.9 Å². The fourth-order valence-corrected chi connectivity index (χ4v) is 1.53. The first-order valence-electron chi connectivity index (χ1n) is 4.00. The van der Waals surface area contributed by atoms with E-state index in [0.29, 0.717) is 12.3 Å². The average molecular weight is 205 g/mol. The van der Waals surface area contributed by atoms with Crippen LogP contribution in [0.3, 0.4) is 0 Å². The maximum Gasteiger partial charge on any atom is 0.203 e. The Labute approximate surface area is 84.8 Å². The van der Waals surface area contributed by atoms with Gasteiger partial charge < -0.3 is 9.73 Å². The highest BCUT2D eigenvalue weighted by atomic mass is 32.1. The molecule has 2 rings (SSSR count). The van der Waals surface area contributed by atoms with Gasteiger partial charge in [-0.15, -0.1) is 11.3 Å². The summed E-state index contributed by atoms with van der Waals surface area (Å²) in [6.07, 6.45) is 1.73. The standard InChI is InChI=1S/C9H7N3OS/c10-5-7-1-2-8(13-7)6-12-9-11-3-4-14-9/h1-4H,6H2,(H,11,12). The van der Waals surface area contributed by atoms with Gasteiger partial charge >= 0.3 is 0 Å². The van der Waals surface area contributed by atoms with Crippen molar-refractivity contribution in [1.82, 2.24) is 4.98 Å². The molecule has 0 amide bonds. The van der Waals surface area contributed by atoms with Gasteiger partial charge in [0, 0.05) is 11.6 Å². The highest BCUT2D eigenvalue weighted by Gasteiger charge is 2.01. The molecular weight excluding hydrogens is 198 g/mol. The zero-order valence-electron chi connectivity index (χ0n) is 7.23. The summed E-state index contributed by atoms with van der Waals surface area (Å²) in [7, 11) is 0. The van der Waals surface area contributed by atoms with Gasteiger partial charge in [-0.3, -0.25) is 0 Å². The van der Waals surface area contributed by atoms with Crippen LogP contribution in [0.15, 0.2) is 28.1 Å². The Kier molecular flexibility index (Phi) is 2.47. The highest BCUT2D eigenvalue weighted by Crippen LogP contribution is 2.13. The Morgan fingerprint density at radius 3 is 3.14 bits per heavy atom. The van der Waals surface area contributed by atoms with Crippen LogP contribution >= 0.6 is 11.3 Å². The Hall–Kier alpha value is -1.80. The van der Waals surface area contributed by atoms with Gasteiger partial charge in [0.25, 0.3) is 0 Å². The molecule has 0 bridgehead atoms. The molecule has 0 atom stereocenters. The molecule has 0 spiro atoms. The Morgan fingerprint density at radius 2 is 2.50 bits per heavy atom. The van der Waals surface area contributed by atoms with Crippen LogP contribution < -0.4 is 5.32 Å². The number of furan rings is 1. The van der Waals surface area contributed by atoms with Gasteiger partial charge in [0.2, 0.25) is 5.76 Å². The summed E-state index contributed by atoms with van der Waals surface area (Å²) in [5.41, 5.74) is 0. The van der Waals surface area contributed by atoms with Crippen LogP contribution in [0.2, 0.25) is 0 Å². The summed E-state index contributed by atoms with van der Waals surface area (Å²) in [6, 6.07) is 5.36. The molecule has 0 aliphatic heterocycles. The molecule has 1 N–H and O–H groups in total. The van der Waals surface area contributed by atoms with Gasteiger partial charge in [0.15, 0.2) is 5.13 Å². The van der Waals surface area contributed by atoms with Gasteiger partial charge in [0.1, 0.15) is 11.8 Å². The summed E-state index contributed by atoms with van der Waals surface area (Å²) in [4.78, 5) is 4.06. The van der Waals surface area contributed by atoms with E-state index in [4.69, 9.17) is 9.68 Å². The zero-order chi connectivity index (χ0) is 9.80. The van der Waals surface area contributed by atoms with E-state index in [9.17, 15) is 0 Å². The SMILES string of the molecule is N#Cc1ccc(CNc2nccs2)o1. The molecule has 0 aliphatic carbocycles. The van der Waals surface area contributed by atoms with E-state index in [-0.39, 0.29) is 0 Å². The summed E-state index contributed by atoms with van der Waals surface area (Å²) in [6.45, 7) is 0.551. The van der Waals surface area contributed by atoms with Crippen molar-refractivity contribution in [3.8, 4) is 6.07 Å². The van der Waals surface area contributed by atoms with Gasteiger partial charge in [-0.2, -0.15) is 5.26 Å². The molecule has 0 saturated heterocycles. The molecule has 0 aromatic carbocycles. The first kappa shape index (κ1) is 8.78. The minimum atomic E-state index is 0.334. The van der Waals surface area contributed by atoms with E-state index in [1.54, 1.807) is 18.3 Å². The zero-order valence-corrected chi connectivity index (χ0v) is 8.04. The fraction of sp³-hybridized carbons (Fsp3) is 0.111. The van der Waals surface area contributed by atoms with Gasteiger partial charge in [0.05, 0.1) is 6.54 Å². The van der Waals surface area contributed by atoms with Crippen molar-refractivity contribution >= 4 is 16.5 Å². The first-order valence-corrected chi connectivity index (χ1v) is 4.88. The summed E-state index contributed by atoms with van der Waals surface area (Å²) < 4.78 is 5.18. The maximum atomic E-state index is 8.53. The summed E-state index contributed by atoms with van der Waals surface area (Å²) in [5.74, 6) is 1.07. The number of aromatic nitrogens is 1. The first-order chi connectivity index (χ1) is 6.88. The third kappa shape index (κ3) is 1.92. The largest absolute Gasteiger partial charge is 0.449 e. The third-order valence-corrected chi connectivity index (χ3v) is 2.35. The molecule has 14 heavy (non-hydrogen) atoms. The van der Waals surface area contributed by atoms with Gasteiger partial charge in [-0.05, 0) is 12.1 Å². The van der Waals surface area contributed by atoms with Crippen molar-refractivity contribution in [2.75, 3.05) is 5.32 Å². The predicted octanol–water partition coefficient (Wildman–Crippen LogP) is 2.22. The predicted molar refractivity (Wildman–Crippen MR) is 52.9 cm³/mol. The van der Waals surface area contributed by atoms with E-state index in [1.165, 1.54) is 11.3 Å². The third-order valence-electron chi connectivity index (χ3n) is 1.62. The minimum Gasteiger partial charge on any atom is -0.449 e. The van der Waals surface area contributed by atoms with Crippen molar-refractivity contribution in [2.24, 2.45) is 0 Å². The van der Waals surface area contributed by atoms with Crippen LogP contribution in [-0.4, -0.2) is 4.98 Å². The molecule has 0 fully saturated rings. The quantitative estimate of drug-likeness (QED) is 0.834. The monoisotopic (exact) mass is 205 g/mol. The van der Waals surface area contributed by atoms with Crippen LogP contribution in [0.4, 0.5) is 5.13 Å². The molecule has 0 unspecified atom stereocenters. The molecule has 2 aromatic heterocycles. The fourth-order valence-electron chi connectivity index (χ4n) is 1.01. The molecule has 70 valence electrons. The van der Waals surface area contributed by atoms with Gasteiger partial charge in [-0.1, -0.05) is 0 Å². The van der Waals surface area contributed by atoms with E-state index < -0.39 is 0 Å². The molecule has 2 heterocycles. The van der Waals surface area contributed by atoms with Crippen LogP contribution in [0.25, 0.3) is 0 Å². The maximum absolute atomic E-state index is 8.53. The second-order valence-electron chi connectivity index (χ2n) is 2.57. The second-order valence-corrected chi connectivity index (χ2v) is 3.46. The van der Waals surface area contributed by atoms with E-state index in [1.807, 2.05) is 11.4 Å². The molecule has 4 nitrogen and oxygen atoms in total. The number of anilines is 1. The van der Waals surface area contributed by atoms with Crippen LogP contribution in [0.5, 0.6) is 0 Å². The second kappa shape index (κ2) is 3.94. The number of rotatable bonds is 3. The lowest BCUT2D eigenvalue weighted by atomic mass is 10.4. The van der Waals surface area contributed by atoms with Crippen molar-refractivity contribution in [3.05, 3.63) is 35.2 Å². The Bertz CT molecular complexity index is 441. The van der Waals surface area contributed by atoms with Crippen LogP contribution in [0, 0.1) is 11.3 Å². The average Bonchev–Trinajstić information content (AvgIpc) is 2.86. The number of hydrogen-bond donors (Lipinski definition) is 1. The van der Waals surface area contributed by atoms with Crippen molar-refractivity contribution in [1.29, 1.82) is 5.26 Å². The minimum absolute atomic E-state index is 0.334. The number of nitrogens with one attached hydrogen (secondary N) is 1. The number of nitrogens with zero attached hydrogens (tertiary/aromatic N) is 2. The number of hydrogen-bond acceptors (Lipinski definition) is 5. The van der Waals surface area contributed by atoms with E-state index in [2.05, 4.69) is 10.3 Å². The van der Waals surface area contributed by atoms with Crippen molar-refractivity contribution in [3.63, 3.8) is 0 Å². The molecule has 0 radical (unpaired) electrons. The molecule has 2 aromatic rings. The summed E-state index contributed by atoms with van der Waals surface area (Å²) in [5, 5.41) is 14.4. The molecule has 5 heteroatoms.